The summed E-state index contributed by atoms with van der Waals surface area (Å²) in [6.07, 6.45) is 3.51. The molecule has 2 aromatic carbocycles. The molecule has 0 bridgehead atoms. The molecule has 0 spiro atoms. The molecule has 2 N–H and O–H groups in total. The number of hydrogen-bond acceptors (Lipinski definition) is 4. The maximum Gasteiger partial charge on any atom is 0.317 e. The van der Waals surface area contributed by atoms with Crippen molar-refractivity contribution in [3.63, 3.8) is 0 Å². The topological polar surface area (TPSA) is 81.8 Å². The predicted molar refractivity (Wildman–Crippen MR) is 117 cm³/mol. The van der Waals surface area contributed by atoms with Gasteiger partial charge in [-0.15, -0.1) is 0 Å². The van der Waals surface area contributed by atoms with Crippen LogP contribution in [0.4, 0.5) is 16.2 Å². The van der Waals surface area contributed by atoms with Crippen LogP contribution in [0.3, 0.4) is 0 Å². The summed E-state index contributed by atoms with van der Waals surface area (Å²) in [7, 11) is -1.63. The summed E-state index contributed by atoms with van der Waals surface area (Å²) in [5.74, 6) is 0. The van der Waals surface area contributed by atoms with Gasteiger partial charge in [0.15, 0.2) is 0 Å². The Labute approximate surface area is 172 Å². The number of sulfonamides is 1. The minimum absolute atomic E-state index is 0.213. The van der Waals surface area contributed by atoms with Crippen LogP contribution in [0.15, 0.2) is 48.5 Å². The van der Waals surface area contributed by atoms with Gasteiger partial charge < -0.3 is 15.1 Å². The van der Waals surface area contributed by atoms with Crippen LogP contribution in [0.25, 0.3) is 0 Å². The molecule has 2 amide bonds. The van der Waals surface area contributed by atoms with E-state index in [0.717, 1.165) is 24.9 Å². The van der Waals surface area contributed by atoms with Crippen LogP contribution in [0.5, 0.6) is 0 Å². The van der Waals surface area contributed by atoms with E-state index in [1.165, 1.54) is 18.5 Å². The second kappa shape index (κ2) is 9.17. The molecule has 3 rings (SSSR count). The van der Waals surface area contributed by atoms with Crippen molar-refractivity contribution in [2.75, 3.05) is 36.0 Å². The quantitative estimate of drug-likeness (QED) is 0.727. The molecular formula is C21H28N4O3S. The van der Waals surface area contributed by atoms with Crippen molar-refractivity contribution >= 4 is 27.4 Å². The van der Waals surface area contributed by atoms with Gasteiger partial charge in [-0.25, -0.2) is 13.2 Å². The highest BCUT2D eigenvalue weighted by atomic mass is 32.2. The molecule has 1 heterocycles. The van der Waals surface area contributed by atoms with Crippen molar-refractivity contribution in [1.29, 1.82) is 0 Å². The van der Waals surface area contributed by atoms with Gasteiger partial charge in [0.1, 0.15) is 0 Å². The van der Waals surface area contributed by atoms with E-state index in [4.69, 9.17) is 0 Å². The lowest BCUT2D eigenvalue weighted by molar-refractivity contribution is 0.206. The van der Waals surface area contributed by atoms with Crippen molar-refractivity contribution in [2.24, 2.45) is 0 Å². The number of hydrogen-bond donors (Lipinski definition) is 2. The fourth-order valence-corrected chi connectivity index (χ4v) is 4.12. The summed E-state index contributed by atoms with van der Waals surface area (Å²) >= 11 is 0. The Morgan fingerprint density at radius 1 is 1.03 bits per heavy atom. The molecule has 29 heavy (non-hydrogen) atoms. The first-order valence-corrected chi connectivity index (χ1v) is 11.6. The third-order valence-corrected chi connectivity index (χ3v) is 5.53. The number of amides is 2. The van der Waals surface area contributed by atoms with Gasteiger partial charge in [-0.05, 0) is 36.1 Å². The van der Waals surface area contributed by atoms with Crippen LogP contribution in [-0.4, -0.2) is 45.7 Å². The standard InChI is InChI=1S/C21H28N4O3S/c1-24(16-18-10-4-6-12-20(18)25-13-7-8-14-25)21(26)22-15-17-9-3-5-11-19(17)23-29(2,27)28/h3-6,9-12,23H,7-8,13-16H2,1-2H3,(H,22,26). The van der Waals surface area contributed by atoms with E-state index < -0.39 is 10.0 Å². The molecule has 1 saturated heterocycles. The van der Waals surface area contributed by atoms with Crippen LogP contribution in [0, 0.1) is 0 Å². The second-order valence-corrected chi connectivity index (χ2v) is 9.12. The van der Waals surface area contributed by atoms with Gasteiger partial charge in [0, 0.05) is 38.9 Å². The van der Waals surface area contributed by atoms with Gasteiger partial charge in [-0.2, -0.15) is 0 Å². The molecular weight excluding hydrogens is 388 g/mol. The number of nitrogens with zero attached hydrogens (tertiary/aromatic N) is 2. The first-order chi connectivity index (χ1) is 13.8. The monoisotopic (exact) mass is 416 g/mol. The maximum absolute atomic E-state index is 12.6. The SMILES string of the molecule is CN(Cc1ccccc1N1CCCC1)C(=O)NCc1ccccc1NS(C)(=O)=O. The van der Waals surface area contributed by atoms with E-state index in [2.05, 4.69) is 27.1 Å². The van der Waals surface area contributed by atoms with Crippen LogP contribution in [0.1, 0.15) is 24.0 Å². The average molecular weight is 417 g/mol. The number of nitrogens with one attached hydrogen (secondary N) is 2. The third kappa shape index (κ3) is 5.87. The van der Waals surface area contributed by atoms with E-state index in [-0.39, 0.29) is 12.6 Å². The minimum atomic E-state index is -3.39. The zero-order valence-electron chi connectivity index (χ0n) is 16.9. The molecule has 1 fully saturated rings. The predicted octanol–water partition coefficient (Wildman–Crippen LogP) is 3.00. The lowest BCUT2D eigenvalue weighted by Gasteiger charge is -2.25. The summed E-state index contributed by atoms with van der Waals surface area (Å²) in [5, 5.41) is 2.87. The number of carbonyl (C=O) groups is 1. The highest BCUT2D eigenvalue weighted by Gasteiger charge is 2.18. The summed E-state index contributed by atoms with van der Waals surface area (Å²) < 4.78 is 25.5. The van der Waals surface area contributed by atoms with Crippen LogP contribution in [0.2, 0.25) is 0 Å². The molecule has 0 unspecified atom stereocenters. The van der Waals surface area contributed by atoms with Gasteiger partial charge in [0.2, 0.25) is 10.0 Å². The molecule has 0 atom stereocenters. The fraction of sp³-hybridized carbons (Fsp3) is 0.381. The van der Waals surface area contributed by atoms with E-state index in [9.17, 15) is 13.2 Å². The number of para-hydroxylation sites is 2. The van der Waals surface area contributed by atoms with E-state index in [1.54, 1.807) is 30.1 Å². The number of urea groups is 1. The Hall–Kier alpha value is -2.74. The molecule has 0 aliphatic carbocycles. The summed E-state index contributed by atoms with van der Waals surface area (Å²) in [6.45, 7) is 2.84. The highest BCUT2D eigenvalue weighted by Crippen LogP contribution is 2.25. The lowest BCUT2D eigenvalue weighted by atomic mass is 10.1. The van der Waals surface area contributed by atoms with E-state index >= 15 is 0 Å². The average Bonchev–Trinajstić information content (AvgIpc) is 3.21. The van der Waals surface area contributed by atoms with Crippen LogP contribution >= 0.6 is 0 Å². The normalized spacial score (nSPS) is 13.9. The van der Waals surface area contributed by atoms with Crippen molar-refractivity contribution in [2.45, 2.75) is 25.9 Å². The van der Waals surface area contributed by atoms with Crippen LogP contribution in [-0.2, 0) is 23.1 Å². The zero-order valence-corrected chi connectivity index (χ0v) is 17.7. The summed E-state index contributed by atoms with van der Waals surface area (Å²) in [5.41, 5.74) is 3.48. The van der Waals surface area contributed by atoms with Gasteiger partial charge in [-0.1, -0.05) is 36.4 Å². The molecule has 0 radical (unpaired) electrons. The van der Waals surface area contributed by atoms with E-state index in [0.29, 0.717) is 17.8 Å². The molecule has 0 aromatic heterocycles. The van der Waals surface area contributed by atoms with Crippen molar-refractivity contribution in [3.8, 4) is 0 Å². The van der Waals surface area contributed by atoms with Crippen LogP contribution < -0.4 is 14.9 Å². The Kier molecular flexibility index (Phi) is 6.64. The first-order valence-electron chi connectivity index (χ1n) is 9.71. The van der Waals surface area contributed by atoms with E-state index in [1.807, 2.05) is 18.2 Å². The molecule has 8 heteroatoms. The molecule has 0 saturated carbocycles. The first kappa shape index (κ1) is 21.0. The number of benzene rings is 2. The zero-order chi connectivity index (χ0) is 20.9. The number of anilines is 2. The largest absolute Gasteiger partial charge is 0.371 e. The Morgan fingerprint density at radius 2 is 1.66 bits per heavy atom. The highest BCUT2D eigenvalue weighted by molar-refractivity contribution is 7.92. The number of carbonyl (C=O) groups excluding carboxylic acids is 1. The molecule has 7 nitrogen and oxygen atoms in total. The lowest BCUT2D eigenvalue weighted by Crippen LogP contribution is -2.37. The molecule has 156 valence electrons. The Balaban J connectivity index is 1.63. The van der Waals surface area contributed by atoms with Gasteiger partial charge in [0.25, 0.3) is 0 Å². The fourth-order valence-electron chi connectivity index (χ4n) is 3.52. The molecule has 1 aliphatic heterocycles. The van der Waals surface area contributed by atoms with Crippen molar-refractivity contribution < 1.29 is 13.2 Å². The molecule has 2 aromatic rings. The maximum atomic E-state index is 12.6. The summed E-state index contributed by atoms with van der Waals surface area (Å²) in [6, 6.07) is 15.0. The minimum Gasteiger partial charge on any atom is -0.371 e. The number of rotatable bonds is 7. The third-order valence-electron chi connectivity index (χ3n) is 4.94. The molecule has 1 aliphatic rings. The van der Waals surface area contributed by atoms with Gasteiger partial charge in [-0.3, -0.25) is 4.72 Å². The van der Waals surface area contributed by atoms with Crippen molar-refractivity contribution in [3.05, 3.63) is 59.7 Å². The van der Waals surface area contributed by atoms with Gasteiger partial charge >= 0.3 is 6.03 Å². The van der Waals surface area contributed by atoms with Gasteiger partial charge in [0.05, 0.1) is 11.9 Å². The Bertz CT molecular complexity index is 956. The Morgan fingerprint density at radius 3 is 2.34 bits per heavy atom. The van der Waals surface area contributed by atoms with Crippen molar-refractivity contribution in [1.82, 2.24) is 10.2 Å². The smallest absolute Gasteiger partial charge is 0.317 e. The second-order valence-electron chi connectivity index (χ2n) is 7.37. The summed E-state index contributed by atoms with van der Waals surface area (Å²) in [4.78, 5) is 16.6.